The molecular weight excluding hydrogens is 449 g/mol. The first kappa shape index (κ1) is 25.5. The average Bonchev–Trinajstić information content (AvgIpc) is 3.47. The average molecular weight is 483 g/mol. The molecule has 0 bridgehead atoms. The zero-order chi connectivity index (χ0) is 24.2. The monoisotopic (exact) mass is 482 g/mol. The number of carbonyl (C=O) groups excluding carboxylic acids is 1. The van der Waals surface area contributed by atoms with Gasteiger partial charge in [0.15, 0.2) is 5.69 Å². The zero-order valence-corrected chi connectivity index (χ0v) is 20.4. The minimum Gasteiger partial charge on any atom is -0.378 e. The summed E-state index contributed by atoms with van der Waals surface area (Å²) in [5.74, 6) is 0.0387. The molecule has 1 amide bonds. The van der Waals surface area contributed by atoms with Gasteiger partial charge in [-0.15, -0.1) is 11.3 Å². The molecule has 33 heavy (non-hydrogen) atoms. The third-order valence-corrected chi connectivity index (χ3v) is 7.07. The van der Waals surface area contributed by atoms with Crippen molar-refractivity contribution in [2.45, 2.75) is 64.2 Å². The molecule has 2 unspecified atom stereocenters. The molecule has 0 radical (unpaired) electrons. The Hall–Kier alpha value is -2.13. The van der Waals surface area contributed by atoms with Gasteiger partial charge in [0.1, 0.15) is 4.88 Å². The standard InChI is InChI=1S/C24H33F3N4OS/c1-5-18(13-16-9-10-16)28-12-11-20-30-22(24(25,26)27)21(33-20)23(32)29-15(2)17-7-6-8-19(14-17)31(3)4/h6-8,14-16,18,28H,5,9-13H2,1-4H3,(H,29,32). The first-order valence-electron chi connectivity index (χ1n) is 11.5. The molecule has 2 aromatic rings. The molecule has 1 fully saturated rings. The van der Waals surface area contributed by atoms with E-state index in [9.17, 15) is 18.0 Å². The van der Waals surface area contributed by atoms with E-state index < -0.39 is 23.8 Å². The Kier molecular flexibility index (Phi) is 8.39. The molecular formula is C24H33F3N4OS. The maximum atomic E-state index is 13.6. The molecule has 9 heteroatoms. The number of nitrogens with zero attached hydrogens (tertiary/aromatic N) is 2. The van der Waals surface area contributed by atoms with Crippen molar-refractivity contribution in [2.24, 2.45) is 5.92 Å². The number of benzene rings is 1. The Balaban J connectivity index is 1.68. The van der Waals surface area contributed by atoms with Crippen LogP contribution in [-0.2, 0) is 12.6 Å². The highest BCUT2D eigenvalue weighted by Crippen LogP contribution is 2.35. The number of nitrogens with one attached hydrogen (secondary N) is 2. The number of alkyl halides is 3. The Morgan fingerprint density at radius 1 is 1.30 bits per heavy atom. The fourth-order valence-corrected chi connectivity index (χ4v) is 4.76. The van der Waals surface area contributed by atoms with Gasteiger partial charge in [0.05, 0.1) is 11.0 Å². The second kappa shape index (κ2) is 10.9. The molecule has 1 aliphatic carbocycles. The summed E-state index contributed by atoms with van der Waals surface area (Å²) in [5, 5.41) is 6.47. The minimum atomic E-state index is -4.68. The molecule has 1 heterocycles. The van der Waals surface area contributed by atoms with Crippen molar-refractivity contribution in [3.05, 3.63) is 45.4 Å². The van der Waals surface area contributed by atoms with Gasteiger partial charge in [0, 0.05) is 38.8 Å². The number of halogens is 3. The summed E-state index contributed by atoms with van der Waals surface area (Å²) in [5.41, 5.74) is 0.668. The first-order chi connectivity index (χ1) is 15.6. The molecule has 1 aliphatic rings. The lowest BCUT2D eigenvalue weighted by molar-refractivity contribution is -0.141. The quantitative estimate of drug-likeness (QED) is 0.448. The number of amides is 1. The molecule has 0 saturated heterocycles. The Morgan fingerprint density at radius 3 is 2.64 bits per heavy atom. The number of rotatable bonds is 11. The van der Waals surface area contributed by atoms with Crippen LogP contribution in [0.25, 0.3) is 0 Å². The van der Waals surface area contributed by atoms with Crippen LogP contribution in [0.1, 0.15) is 71.5 Å². The fourth-order valence-electron chi connectivity index (χ4n) is 3.77. The highest BCUT2D eigenvalue weighted by atomic mass is 32.1. The molecule has 1 aromatic heterocycles. The van der Waals surface area contributed by atoms with E-state index in [1.165, 1.54) is 12.8 Å². The predicted molar refractivity (Wildman–Crippen MR) is 127 cm³/mol. The third-order valence-electron chi connectivity index (χ3n) is 5.96. The van der Waals surface area contributed by atoms with Gasteiger partial charge in [0.25, 0.3) is 5.91 Å². The van der Waals surface area contributed by atoms with E-state index in [4.69, 9.17) is 0 Å². The van der Waals surface area contributed by atoms with Crippen LogP contribution in [0, 0.1) is 5.92 Å². The van der Waals surface area contributed by atoms with Crippen LogP contribution in [0.15, 0.2) is 24.3 Å². The SMILES string of the molecule is CCC(CC1CC1)NCCc1nc(C(F)(F)F)c(C(=O)NC(C)c2cccc(N(C)C)c2)s1. The van der Waals surface area contributed by atoms with E-state index in [1.807, 2.05) is 43.3 Å². The van der Waals surface area contributed by atoms with Crippen molar-refractivity contribution in [3.8, 4) is 0 Å². The Bertz CT molecular complexity index is 940. The molecule has 182 valence electrons. The van der Waals surface area contributed by atoms with Crippen molar-refractivity contribution in [3.63, 3.8) is 0 Å². The molecule has 5 nitrogen and oxygen atoms in total. The fraction of sp³-hybridized carbons (Fsp3) is 0.583. The maximum Gasteiger partial charge on any atom is 0.435 e. The van der Waals surface area contributed by atoms with Gasteiger partial charge in [0.2, 0.25) is 0 Å². The van der Waals surface area contributed by atoms with E-state index in [-0.39, 0.29) is 4.88 Å². The summed E-state index contributed by atoms with van der Waals surface area (Å²) < 4.78 is 40.9. The highest BCUT2D eigenvalue weighted by Gasteiger charge is 2.39. The summed E-state index contributed by atoms with van der Waals surface area (Å²) in [6.07, 6.45) is 0.334. The molecule has 0 aliphatic heterocycles. The maximum absolute atomic E-state index is 13.6. The summed E-state index contributed by atoms with van der Waals surface area (Å²) in [6, 6.07) is 7.47. The van der Waals surface area contributed by atoms with Crippen molar-refractivity contribution in [1.29, 1.82) is 0 Å². The second-order valence-electron chi connectivity index (χ2n) is 8.96. The van der Waals surface area contributed by atoms with Crippen molar-refractivity contribution >= 4 is 22.9 Å². The summed E-state index contributed by atoms with van der Waals surface area (Å²) in [7, 11) is 3.81. The number of hydrogen-bond donors (Lipinski definition) is 2. The molecule has 1 saturated carbocycles. The highest BCUT2D eigenvalue weighted by molar-refractivity contribution is 7.13. The van der Waals surface area contributed by atoms with Gasteiger partial charge in [-0.2, -0.15) is 13.2 Å². The summed E-state index contributed by atoms with van der Waals surface area (Å²) in [4.78, 5) is 18.2. The summed E-state index contributed by atoms with van der Waals surface area (Å²) in [6.45, 7) is 4.42. The van der Waals surface area contributed by atoms with Gasteiger partial charge in [-0.1, -0.05) is 31.9 Å². The van der Waals surface area contributed by atoms with Crippen LogP contribution >= 0.6 is 11.3 Å². The smallest absolute Gasteiger partial charge is 0.378 e. The molecule has 3 rings (SSSR count). The van der Waals surface area contributed by atoms with Crippen LogP contribution < -0.4 is 15.5 Å². The van der Waals surface area contributed by atoms with Gasteiger partial charge in [-0.05, 0) is 43.4 Å². The van der Waals surface area contributed by atoms with Crippen LogP contribution in [0.4, 0.5) is 18.9 Å². The van der Waals surface area contributed by atoms with Gasteiger partial charge in [-0.3, -0.25) is 4.79 Å². The molecule has 2 atom stereocenters. The van der Waals surface area contributed by atoms with Crippen LogP contribution in [0.3, 0.4) is 0 Å². The van der Waals surface area contributed by atoms with Crippen LogP contribution in [-0.4, -0.2) is 37.6 Å². The Labute approximate surface area is 197 Å². The van der Waals surface area contributed by atoms with E-state index in [0.717, 1.165) is 41.3 Å². The number of thiazole rings is 1. The van der Waals surface area contributed by atoms with Gasteiger partial charge >= 0.3 is 6.18 Å². The van der Waals surface area contributed by atoms with Crippen molar-refractivity contribution in [1.82, 2.24) is 15.6 Å². The second-order valence-corrected chi connectivity index (χ2v) is 10.0. The molecule has 2 N–H and O–H groups in total. The minimum absolute atomic E-state index is 0.323. The number of carbonyl (C=O) groups is 1. The lowest BCUT2D eigenvalue weighted by atomic mass is 10.1. The predicted octanol–water partition coefficient (Wildman–Crippen LogP) is 5.43. The zero-order valence-electron chi connectivity index (χ0n) is 19.6. The van der Waals surface area contributed by atoms with Crippen LogP contribution in [0.5, 0.6) is 0 Å². The first-order valence-corrected chi connectivity index (χ1v) is 12.3. The third kappa shape index (κ3) is 7.17. The lowest BCUT2D eigenvalue weighted by Gasteiger charge is -2.18. The lowest BCUT2D eigenvalue weighted by Crippen LogP contribution is -2.30. The number of aromatic nitrogens is 1. The van der Waals surface area contributed by atoms with E-state index >= 15 is 0 Å². The summed E-state index contributed by atoms with van der Waals surface area (Å²) >= 11 is 0.834. The van der Waals surface area contributed by atoms with Gasteiger partial charge in [-0.25, -0.2) is 4.98 Å². The molecule has 1 aromatic carbocycles. The van der Waals surface area contributed by atoms with Crippen LogP contribution in [0.2, 0.25) is 0 Å². The van der Waals surface area contributed by atoms with Crippen molar-refractivity contribution < 1.29 is 18.0 Å². The number of anilines is 1. The topological polar surface area (TPSA) is 57.3 Å². The van der Waals surface area contributed by atoms with Gasteiger partial charge < -0.3 is 15.5 Å². The van der Waals surface area contributed by atoms with E-state index in [1.54, 1.807) is 6.92 Å². The van der Waals surface area contributed by atoms with E-state index in [2.05, 4.69) is 22.5 Å². The van der Waals surface area contributed by atoms with Crippen molar-refractivity contribution in [2.75, 3.05) is 25.5 Å². The molecule has 0 spiro atoms. The largest absolute Gasteiger partial charge is 0.435 e. The number of hydrogen-bond acceptors (Lipinski definition) is 5. The van der Waals surface area contributed by atoms with E-state index in [0.29, 0.717) is 24.0 Å². The normalized spacial score (nSPS) is 15.8. The Morgan fingerprint density at radius 2 is 2.03 bits per heavy atom.